The van der Waals surface area contributed by atoms with Gasteiger partial charge in [-0.25, -0.2) is 0 Å². The van der Waals surface area contributed by atoms with Gasteiger partial charge in [-0.2, -0.15) is 0 Å². The smallest absolute Gasteiger partial charge is 0.236 e. The first-order chi connectivity index (χ1) is 7.38. The third kappa shape index (κ3) is 4.94. The molecule has 4 nitrogen and oxygen atoms in total. The summed E-state index contributed by atoms with van der Waals surface area (Å²) >= 11 is 0. The van der Waals surface area contributed by atoms with Crippen molar-refractivity contribution >= 4 is 5.91 Å². The highest BCUT2D eigenvalue weighted by Crippen LogP contribution is 2.09. The van der Waals surface area contributed by atoms with Crippen LogP contribution in [0, 0.1) is 0 Å². The van der Waals surface area contributed by atoms with Crippen molar-refractivity contribution in [1.29, 1.82) is 0 Å². The maximum Gasteiger partial charge on any atom is 0.236 e. The van der Waals surface area contributed by atoms with E-state index in [1.807, 2.05) is 16.8 Å². The molecule has 1 aliphatic heterocycles. The van der Waals surface area contributed by atoms with Crippen LogP contribution in [0.4, 0.5) is 0 Å². The van der Waals surface area contributed by atoms with Gasteiger partial charge >= 0.3 is 0 Å². The van der Waals surface area contributed by atoms with Crippen molar-refractivity contribution in [2.24, 2.45) is 0 Å². The fraction of sp³-hybridized carbons (Fsp3) is 0.917. The maximum absolute atomic E-state index is 11.9. The molecular formula is C12H24N2O2. The van der Waals surface area contributed by atoms with Gasteiger partial charge in [-0.1, -0.05) is 0 Å². The Bertz CT molecular complexity index is 230. The number of likely N-dealkylation sites (N-methyl/N-ethyl adjacent to an activating group) is 1. The highest BCUT2D eigenvalue weighted by atomic mass is 16.3. The number of carbonyl (C=O) groups excluding carboxylic acids is 1. The Morgan fingerprint density at radius 1 is 1.31 bits per heavy atom. The third-order valence-electron chi connectivity index (χ3n) is 2.77. The van der Waals surface area contributed by atoms with Crippen LogP contribution in [0.2, 0.25) is 0 Å². The quantitative estimate of drug-likeness (QED) is 0.770. The summed E-state index contributed by atoms with van der Waals surface area (Å²) in [6, 6.07) is 0. The lowest BCUT2D eigenvalue weighted by molar-refractivity contribution is -0.133. The SMILES string of the molecule is CN(CC(=O)N1CCCCC1)CC(C)(C)O. The summed E-state index contributed by atoms with van der Waals surface area (Å²) in [4.78, 5) is 15.7. The van der Waals surface area contributed by atoms with Crippen molar-refractivity contribution in [1.82, 2.24) is 9.80 Å². The van der Waals surface area contributed by atoms with Gasteiger partial charge in [-0.3, -0.25) is 9.69 Å². The molecule has 16 heavy (non-hydrogen) atoms. The molecule has 1 rings (SSSR count). The Labute approximate surface area is 98.2 Å². The van der Waals surface area contributed by atoms with Gasteiger partial charge in [-0.05, 0) is 40.2 Å². The lowest BCUT2D eigenvalue weighted by Gasteiger charge is -2.30. The Kier molecular flexibility index (Phi) is 4.74. The zero-order chi connectivity index (χ0) is 12.2. The lowest BCUT2D eigenvalue weighted by atomic mass is 10.1. The minimum Gasteiger partial charge on any atom is -0.389 e. The van der Waals surface area contributed by atoms with E-state index in [2.05, 4.69) is 0 Å². The summed E-state index contributed by atoms with van der Waals surface area (Å²) < 4.78 is 0. The number of piperidine rings is 1. The molecule has 1 amide bonds. The molecule has 0 radical (unpaired) electrons. The molecule has 1 heterocycles. The van der Waals surface area contributed by atoms with Crippen LogP contribution in [0.5, 0.6) is 0 Å². The standard InChI is InChI=1S/C12H24N2O2/c1-12(2,16)10-13(3)9-11(15)14-7-5-4-6-8-14/h16H,4-10H2,1-3H3. The fourth-order valence-electron chi connectivity index (χ4n) is 2.19. The first-order valence-electron chi connectivity index (χ1n) is 6.07. The molecule has 0 spiro atoms. The largest absolute Gasteiger partial charge is 0.389 e. The molecule has 0 aromatic heterocycles. The van der Waals surface area contributed by atoms with Gasteiger partial charge in [0, 0.05) is 19.6 Å². The summed E-state index contributed by atoms with van der Waals surface area (Å²) in [5.74, 6) is 0.187. The van der Waals surface area contributed by atoms with Crippen molar-refractivity contribution in [2.45, 2.75) is 38.7 Å². The predicted molar refractivity (Wildman–Crippen MR) is 64.2 cm³/mol. The number of rotatable bonds is 4. The van der Waals surface area contributed by atoms with E-state index in [9.17, 15) is 9.90 Å². The Balaban J connectivity index is 2.32. The monoisotopic (exact) mass is 228 g/mol. The van der Waals surface area contributed by atoms with Gasteiger partial charge in [0.2, 0.25) is 5.91 Å². The second-order valence-corrected chi connectivity index (χ2v) is 5.43. The number of amides is 1. The number of likely N-dealkylation sites (tertiary alicyclic amines) is 1. The first-order valence-corrected chi connectivity index (χ1v) is 6.07. The van der Waals surface area contributed by atoms with Crippen molar-refractivity contribution in [2.75, 3.05) is 33.2 Å². The van der Waals surface area contributed by atoms with Crippen molar-refractivity contribution < 1.29 is 9.90 Å². The lowest BCUT2D eigenvalue weighted by Crippen LogP contribution is -2.45. The molecular weight excluding hydrogens is 204 g/mol. The average Bonchev–Trinajstić information content (AvgIpc) is 2.16. The van der Waals surface area contributed by atoms with Crippen LogP contribution in [0.1, 0.15) is 33.1 Å². The summed E-state index contributed by atoms with van der Waals surface area (Å²) in [5, 5.41) is 9.64. The minimum absolute atomic E-state index is 0.187. The van der Waals surface area contributed by atoms with E-state index in [1.54, 1.807) is 13.8 Å². The molecule has 4 heteroatoms. The van der Waals surface area contributed by atoms with Gasteiger partial charge in [-0.15, -0.1) is 0 Å². The van der Waals surface area contributed by atoms with Crippen molar-refractivity contribution in [3.8, 4) is 0 Å². The van der Waals surface area contributed by atoms with E-state index in [-0.39, 0.29) is 5.91 Å². The van der Waals surface area contributed by atoms with E-state index in [0.717, 1.165) is 25.9 Å². The first kappa shape index (κ1) is 13.5. The molecule has 0 unspecified atom stereocenters. The second kappa shape index (κ2) is 5.64. The molecule has 1 aliphatic rings. The topological polar surface area (TPSA) is 43.8 Å². The van der Waals surface area contributed by atoms with E-state index in [1.165, 1.54) is 6.42 Å². The number of hydrogen-bond donors (Lipinski definition) is 1. The van der Waals surface area contributed by atoms with Crippen LogP contribution in [0.15, 0.2) is 0 Å². The van der Waals surface area contributed by atoms with Crippen LogP contribution >= 0.6 is 0 Å². The zero-order valence-corrected chi connectivity index (χ0v) is 10.7. The second-order valence-electron chi connectivity index (χ2n) is 5.43. The number of hydrogen-bond acceptors (Lipinski definition) is 3. The van der Waals surface area contributed by atoms with Gasteiger partial charge in [0.15, 0.2) is 0 Å². The molecule has 0 atom stereocenters. The highest BCUT2D eigenvalue weighted by Gasteiger charge is 2.21. The van der Waals surface area contributed by atoms with Gasteiger partial charge in [0.05, 0.1) is 12.1 Å². The molecule has 0 aliphatic carbocycles. The maximum atomic E-state index is 11.9. The fourth-order valence-corrected chi connectivity index (χ4v) is 2.19. The van der Waals surface area contributed by atoms with E-state index >= 15 is 0 Å². The van der Waals surface area contributed by atoms with Gasteiger partial charge in [0.1, 0.15) is 0 Å². The molecule has 94 valence electrons. The summed E-state index contributed by atoms with van der Waals surface area (Å²) in [7, 11) is 1.87. The van der Waals surface area contributed by atoms with Crippen molar-refractivity contribution in [3.63, 3.8) is 0 Å². The van der Waals surface area contributed by atoms with Gasteiger partial charge < -0.3 is 10.0 Å². The molecule has 1 saturated heterocycles. The van der Waals surface area contributed by atoms with E-state index in [4.69, 9.17) is 0 Å². The van der Waals surface area contributed by atoms with Crippen molar-refractivity contribution in [3.05, 3.63) is 0 Å². The normalized spacial score (nSPS) is 17.9. The number of carbonyl (C=O) groups is 1. The molecule has 0 aromatic rings. The Morgan fingerprint density at radius 3 is 2.38 bits per heavy atom. The molecule has 0 saturated carbocycles. The number of nitrogens with zero attached hydrogens (tertiary/aromatic N) is 2. The van der Waals surface area contributed by atoms with E-state index < -0.39 is 5.60 Å². The summed E-state index contributed by atoms with van der Waals surface area (Å²) in [5.41, 5.74) is -0.739. The predicted octanol–water partition coefficient (Wildman–Crippen LogP) is 0.702. The Hall–Kier alpha value is -0.610. The summed E-state index contributed by atoms with van der Waals surface area (Å²) in [6.07, 6.45) is 3.49. The summed E-state index contributed by atoms with van der Waals surface area (Å²) in [6.45, 7) is 6.24. The van der Waals surface area contributed by atoms with Crippen LogP contribution in [-0.4, -0.2) is 59.6 Å². The third-order valence-corrected chi connectivity index (χ3v) is 2.77. The molecule has 0 bridgehead atoms. The Morgan fingerprint density at radius 2 is 1.88 bits per heavy atom. The molecule has 1 N–H and O–H groups in total. The molecule has 1 fully saturated rings. The minimum atomic E-state index is -0.739. The zero-order valence-electron chi connectivity index (χ0n) is 10.7. The van der Waals surface area contributed by atoms with Crippen LogP contribution < -0.4 is 0 Å². The number of aliphatic hydroxyl groups is 1. The average molecular weight is 228 g/mol. The van der Waals surface area contributed by atoms with E-state index in [0.29, 0.717) is 13.1 Å². The van der Waals surface area contributed by atoms with Crippen LogP contribution in [0.3, 0.4) is 0 Å². The van der Waals surface area contributed by atoms with Gasteiger partial charge in [0.25, 0.3) is 0 Å². The van der Waals surface area contributed by atoms with Crippen LogP contribution in [-0.2, 0) is 4.79 Å². The molecule has 0 aromatic carbocycles. The highest BCUT2D eigenvalue weighted by molar-refractivity contribution is 5.78. The van der Waals surface area contributed by atoms with Crippen LogP contribution in [0.25, 0.3) is 0 Å².